The summed E-state index contributed by atoms with van der Waals surface area (Å²) in [7, 11) is 0. The number of esters is 1. The van der Waals surface area contributed by atoms with Crippen LogP contribution in [0.1, 0.15) is 33.6 Å². The third-order valence-electron chi connectivity index (χ3n) is 3.39. The van der Waals surface area contributed by atoms with Crippen molar-refractivity contribution in [3.8, 4) is 0 Å². The van der Waals surface area contributed by atoms with Gasteiger partial charge < -0.3 is 15.0 Å². The van der Waals surface area contributed by atoms with Gasteiger partial charge in [0.25, 0.3) is 5.91 Å². The second kappa shape index (κ2) is 6.81. The number of nitrogens with zero attached hydrogens (tertiary/aromatic N) is 1. The molecule has 1 aliphatic heterocycles. The van der Waals surface area contributed by atoms with Gasteiger partial charge in [0, 0.05) is 18.8 Å². The molecule has 2 rings (SSSR count). The van der Waals surface area contributed by atoms with Gasteiger partial charge in [0.15, 0.2) is 0 Å². The Morgan fingerprint density at radius 3 is 2.27 bits per heavy atom. The van der Waals surface area contributed by atoms with Gasteiger partial charge in [-0.1, -0.05) is 18.2 Å². The van der Waals surface area contributed by atoms with Gasteiger partial charge in [-0.2, -0.15) is 0 Å². The molecule has 0 bridgehead atoms. The molecule has 1 heterocycles. The molecular formula is C17H24N2O3. The number of nitrogens with one attached hydrogen (secondary N) is 1. The molecule has 1 amide bonds. The SMILES string of the molecule is CC(C)(C)OC(=O)C(Nc1ccccc1)C(=O)N1CCCC1. The average Bonchev–Trinajstić information content (AvgIpc) is 2.97. The Morgan fingerprint density at radius 1 is 1.14 bits per heavy atom. The lowest BCUT2D eigenvalue weighted by Gasteiger charge is -2.27. The van der Waals surface area contributed by atoms with Crippen LogP contribution in [0.2, 0.25) is 0 Å². The number of amides is 1. The normalized spacial score (nSPS) is 16.2. The smallest absolute Gasteiger partial charge is 0.339 e. The van der Waals surface area contributed by atoms with Gasteiger partial charge in [0.05, 0.1) is 0 Å². The van der Waals surface area contributed by atoms with Gasteiger partial charge in [0.1, 0.15) is 5.60 Å². The fraction of sp³-hybridized carbons (Fsp3) is 0.529. The van der Waals surface area contributed by atoms with E-state index in [1.54, 1.807) is 25.7 Å². The van der Waals surface area contributed by atoms with E-state index in [-0.39, 0.29) is 5.91 Å². The molecule has 0 spiro atoms. The maximum Gasteiger partial charge on any atom is 0.339 e. The number of ether oxygens (including phenoxy) is 1. The number of hydrogen-bond donors (Lipinski definition) is 1. The fourth-order valence-corrected chi connectivity index (χ4v) is 2.40. The minimum atomic E-state index is -1.00. The van der Waals surface area contributed by atoms with Gasteiger partial charge >= 0.3 is 5.97 Å². The van der Waals surface area contributed by atoms with Crippen LogP contribution in [-0.2, 0) is 14.3 Å². The standard InChI is InChI=1S/C17H24N2O3/c1-17(2,3)22-16(21)14(15(20)19-11-7-8-12-19)18-13-9-5-4-6-10-13/h4-6,9-10,14,18H,7-8,11-12H2,1-3H3. The van der Waals surface area contributed by atoms with Gasteiger partial charge in [-0.25, -0.2) is 4.79 Å². The zero-order chi connectivity index (χ0) is 16.2. The zero-order valence-corrected chi connectivity index (χ0v) is 13.5. The van der Waals surface area contributed by atoms with E-state index >= 15 is 0 Å². The van der Waals surface area contributed by atoms with Gasteiger partial charge in [-0.05, 0) is 45.7 Å². The summed E-state index contributed by atoms with van der Waals surface area (Å²) in [6, 6.07) is 8.25. The van der Waals surface area contributed by atoms with Crippen molar-refractivity contribution >= 4 is 17.6 Å². The first kappa shape index (κ1) is 16.3. The average molecular weight is 304 g/mol. The van der Waals surface area contributed by atoms with Crippen LogP contribution in [0.25, 0.3) is 0 Å². The first-order valence-electron chi connectivity index (χ1n) is 7.70. The van der Waals surface area contributed by atoms with E-state index in [1.807, 2.05) is 30.3 Å². The molecule has 5 nitrogen and oxygen atoms in total. The maximum absolute atomic E-state index is 12.6. The summed E-state index contributed by atoms with van der Waals surface area (Å²) in [5.41, 5.74) is 0.102. The van der Waals surface area contributed by atoms with E-state index in [0.717, 1.165) is 18.5 Å². The molecule has 1 N–H and O–H groups in total. The van der Waals surface area contributed by atoms with Crippen LogP contribution in [0.4, 0.5) is 5.69 Å². The topological polar surface area (TPSA) is 58.6 Å². The summed E-state index contributed by atoms with van der Waals surface area (Å²) in [6.45, 7) is 6.80. The van der Waals surface area contributed by atoms with Crippen molar-refractivity contribution in [2.45, 2.75) is 45.3 Å². The Hall–Kier alpha value is -2.04. The summed E-state index contributed by atoms with van der Waals surface area (Å²) in [6.07, 6.45) is 1.97. The second-order valence-corrected chi connectivity index (χ2v) is 6.51. The monoisotopic (exact) mass is 304 g/mol. The van der Waals surface area contributed by atoms with Crippen LogP contribution in [0.15, 0.2) is 30.3 Å². The summed E-state index contributed by atoms with van der Waals surface area (Å²) < 4.78 is 5.40. The second-order valence-electron chi connectivity index (χ2n) is 6.51. The van der Waals surface area contributed by atoms with Crippen molar-refractivity contribution in [1.82, 2.24) is 4.90 Å². The van der Waals surface area contributed by atoms with Crippen LogP contribution >= 0.6 is 0 Å². The highest BCUT2D eigenvalue weighted by molar-refractivity contribution is 6.04. The van der Waals surface area contributed by atoms with E-state index < -0.39 is 17.6 Å². The number of carbonyl (C=O) groups excluding carboxylic acids is 2. The number of hydrogen-bond acceptors (Lipinski definition) is 4. The summed E-state index contributed by atoms with van der Waals surface area (Å²) in [5.74, 6) is -0.746. The number of likely N-dealkylation sites (tertiary alicyclic amines) is 1. The minimum absolute atomic E-state index is 0.212. The molecule has 0 radical (unpaired) electrons. The lowest BCUT2D eigenvalue weighted by atomic mass is 10.1. The van der Waals surface area contributed by atoms with Crippen LogP contribution < -0.4 is 5.32 Å². The third kappa shape index (κ3) is 4.48. The summed E-state index contributed by atoms with van der Waals surface area (Å²) >= 11 is 0. The van der Waals surface area contributed by atoms with Crippen LogP contribution in [-0.4, -0.2) is 41.5 Å². The third-order valence-corrected chi connectivity index (χ3v) is 3.39. The van der Waals surface area contributed by atoms with E-state index in [4.69, 9.17) is 4.74 Å². The molecule has 1 aromatic carbocycles. The Kier molecular flexibility index (Phi) is 5.06. The molecule has 1 aliphatic rings. The molecule has 120 valence electrons. The first-order chi connectivity index (χ1) is 10.4. The largest absolute Gasteiger partial charge is 0.458 e. The predicted octanol–water partition coefficient (Wildman–Crippen LogP) is 2.43. The Balaban J connectivity index is 2.15. The lowest BCUT2D eigenvalue weighted by molar-refractivity contribution is -0.159. The Labute approximate surface area is 131 Å². The Morgan fingerprint density at radius 2 is 1.73 bits per heavy atom. The van der Waals surface area contributed by atoms with Gasteiger partial charge in [-0.15, -0.1) is 0 Å². The molecule has 1 unspecified atom stereocenters. The highest BCUT2D eigenvalue weighted by atomic mass is 16.6. The van der Waals surface area contributed by atoms with Crippen molar-refractivity contribution < 1.29 is 14.3 Å². The van der Waals surface area contributed by atoms with Crippen molar-refractivity contribution in [3.05, 3.63) is 30.3 Å². The van der Waals surface area contributed by atoms with E-state index in [1.165, 1.54) is 0 Å². The quantitative estimate of drug-likeness (QED) is 0.685. The molecule has 0 saturated carbocycles. The number of para-hydroxylation sites is 1. The number of carbonyl (C=O) groups is 2. The minimum Gasteiger partial charge on any atom is -0.458 e. The summed E-state index contributed by atoms with van der Waals surface area (Å²) in [5, 5.41) is 3.01. The van der Waals surface area contributed by atoms with E-state index in [0.29, 0.717) is 13.1 Å². The van der Waals surface area contributed by atoms with Crippen molar-refractivity contribution in [1.29, 1.82) is 0 Å². The molecular weight excluding hydrogens is 280 g/mol. The van der Waals surface area contributed by atoms with Crippen molar-refractivity contribution in [3.63, 3.8) is 0 Å². The van der Waals surface area contributed by atoms with Crippen molar-refractivity contribution in [2.24, 2.45) is 0 Å². The summed E-state index contributed by atoms with van der Waals surface area (Å²) in [4.78, 5) is 26.8. The molecule has 1 fully saturated rings. The number of benzene rings is 1. The van der Waals surface area contributed by atoms with E-state index in [9.17, 15) is 9.59 Å². The van der Waals surface area contributed by atoms with Gasteiger partial charge in [0.2, 0.25) is 6.04 Å². The maximum atomic E-state index is 12.6. The van der Waals surface area contributed by atoms with E-state index in [2.05, 4.69) is 5.32 Å². The number of anilines is 1. The van der Waals surface area contributed by atoms with Gasteiger partial charge in [-0.3, -0.25) is 4.79 Å². The van der Waals surface area contributed by atoms with Crippen LogP contribution in [0, 0.1) is 0 Å². The molecule has 0 aliphatic carbocycles. The molecule has 1 aromatic rings. The van der Waals surface area contributed by atoms with Crippen LogP contribution in [0.5, 0.6) is 0 Å². The fourth-order valence-electron chi connectivity index (χ4n) is 2.40. The molecule has 5 heteroatoms. The first-order valence-corrected chi connectivity index (χ1v) is 7.70. The molecule has 0 aromatic heterocycles. The van der Waals surface area contributed by atoms with Crippen molar-refractivity contribution in [2.75, 3.05) is 18.4 Å². The Bertz CT molecular complexity index is 516. The molecule has 1 atom stereocenters. The predicted molar refractivity (Wildman–Crippen MR) is 85.5 cm³/mol. The lowest BCUT2D eigenvalue weighted by Crippen LogP contribution is -2.48. The van der Waals surface area contributed by atoms with Crippen LogP contribution in [0.3, 0.4) is 0 Å². The zero-order valence-electron chi connectivity index (χ0n) is 13.5. The number of rotatable bonds is 4. The molecule has 22 heavy (non-hydrogen) atoms. The highest BCUT2D eigenvalue weighted by Gasteiger charge is 2.35. The highest BCUT2D eigenvalue weighted by Crippen LogP contribution is 2.16. The molecule has 1 saturated heterocycles.